The number of nitrogens with two attached hydrogens (primary N) is 2. The zero-order valence-electron chi connectivity index (χ0n) is 10.6. The van der Waals surface area contributed by atoms with E-state index in [1.165, 1.54) is 18.2 Å². The van der Waals surface area contributed by atoms with Gasteiger partial charge >= 0.3 is 0 Å². The first kappa shape index (κ1) is 14.1. The molecule has 0 aliphatic rings. The van der Waals surface area contributed by atoms with Crippen LogP contribution in [0.2, 0.25) is 5.02 Å². The van der Waals surface area contributed by atoms with Crippen molar-refractivity contribution in [2.75, 3.05) is 5.73 Å². The number of aryl methyl sites for hydroxylation is 1. The summed E-state index contributed by atoms with van der Waals surface area (Å²) in [6.07, 6.45) is 0. The fourth-order valence-corrected chi connectivity index (χ4v) is 1.98. The van der Waals surface area contributed by atoms with Crippen LogP contribution in [0.3, 0.4) is 0 Å². The van der Waals surface area contributed by atoms with Crippen LogP contribution in [0.15, 0.2) is 30.3 Å². The van der Waals surface area contributed by atoms with Gasteiger partial charge in [0.05, 0.1) is 10.6 Å². The number of hydrogen-bond donors (Lipinski definition) is 2. The molecule has 0 aromatic heterocycles. The third-order valence-electron chi connectivity index (χ3n) is 2.70. The maximum Gasteiger partial charge on any atom is 0.252 e. The molecule has 0 heterocycles. The third kappa shape index (κ3) is 2.67. The molecule has 2 aromatic carbocycles. The fourth-order valence-electron chi connectivity index (χ4n) is 1.71. The molecule has 0 radical (unpaired) electrons. The number of rotatable bonds is 3. The van der Waals surface area contributed by atoms with Crippen LogP contribution in [0.25, 0.3) is 0 Å². The van der Waals surface area contributed by atoms with E-state index < -0.39 is 11.7 Å². The molecule has 0 aliphatic heterocycles. The Kier molecular flexibility index (Phi) is 3.81. The zero-order chi connectivity index (χ0) is 14.9. The summed E-state index contributed by atoms with van der Waals surface area (Å²) in [5.41, 5.74) is 11.5. The largest absolute Gasteiger partial charge is 0.452 e. The van der Waals surface area contributed by atoms with E-state index in [1.54, 1.807) is 19.1 Å². The molecule has 20 heavy (non-hydrogen) atoms. The van der Waals surface area contributed by atoms with Crippen LogP contribution in [0.5, 0.6) is 11.5 Å². The molecule has 0 unspecified atom stereocenters. The van der Waals surface area contributed by atoms with Gasteiger partial charge in [0.2, 0.25) is 0 Å². The lowest BCUT2D eigenvalue weighted by Crippen LogP contribution is -2.13. The van der Waals surface area contributed by atoms with Gasteiger partial charge in [-0.1, -0.05) is 23.7 Å². The van der Waals surface area contributed by atoms with Crippen molar-refractivity contribution in [3.05, 3.63) is 52.3 Å². The van der Waals surface area contributed by atoms with E-state index in [4.69, 9.17) is 27.8 Å². The second-order valence-electron chi connectivity index (χ2n) is 4.23. The van der Waals surface area contributed by atoms with E-state index in [1.807, 2.05) is 0 Å². The first-order valence-corrected chi connectivity index (χ1v) is 6.09. The number of anilines is 1. The highest BCUT2D eigenvalue weighted by molar-refractivity contribution is 6.33. The molecule has 1 amide bonds. The van der Waals surface area contributed by atoms with Crippen molar-refractivity contribution in [1.82, 2.24) is 0 Å². The van der Waals surface area contributed by atoms with Crippen molar-refractivity contribution in [3.63, 3.8) is 0 Å². The monoisotopic (exact) mass is 294 g/mol. The quantitative estimate of drug-likeness (QED) is 0.853. The van der Waals surface area contributed by atoms with Crippen molar-refractivity contribution in [2.24, 2.45) is 5.73 Å². The van der Waals surface area contributed by atoms with Gasteiger partial charge in [-0.2, -0.15) is 0 Å². The Bertz CT molecular complexity index is 689. The van der Waals surface area contributed by atoms with Gasteiger partial charge in [0.1, 0.15) is 0 Å². The van der Waals surface area contributed by atoms with Gasteiger partial charge in [-0.3, -0.25) is 4.79 Å². The number of carbonyl (C=O) groups excluding carboxylic acids is 1. The van der Waals surface area contributed by atoms with Crippen LogP contribution in [0, 0.1) is 12.7 Å². The minimum atomic E-state index is -0.762. The first-order chi connectivity index (χ1) is 9.40. The van der Waals surface area contributed by atoms with Gasteiger partial charge in [0.15, 0.2) is 17.3 Å². The highest BCUT2D eigenvalue weighted by atomic mass is 35.5. The number of nitrogen functional groups attached to an aromatic ring is 1. The summed E-state index contributed by atoms with van der Waals surface area (Å²) in [6.45, 7) is 1.60. The van der Waals surface area contributed by atoms with E-state index in [2.05, 4.69) is 0 Å². The summed E-state index contributed by atoms with van der Waals surface area (Å²) in [6, 6.07) is 7.39. The SMILES string of the molecule is Cc1cccc(Oc2c(Cl)cc(N)cc2C(N)=O)c1F. The van der Waals surface area contributed by atoms with E-state index in [0.717, 1.165) is 0 Å². The molecule has 0 fully saturated rings. The number of primary amides is 1. The highest BCUT2D eigenvalue weighted by Gasteiger charge is 2.17. The van der Waals surface area contributed by atoms with Crippen LogP contribution in [-0.4, -0.2) is 5.91 Å². The Labute approximate surface area is 120 Å². The Morgan fingerprint density at radius 3 is 2.70 bits per heavy atom. The molecule has 0 atom stereocenters. The normalized spacial score (nSPS) is 10.3. The molecule has 0 spiro atoms. The van der Waals surface area contributed by atoms with Crippen LogP contribution in [0.1, 0.15) is 15.9 Å². The third-order valence-corrected chi connectivity index (χ3v) is 2.98. The summed E-state index contributed by atoms with van der Waals surface area (Å²) in [5.74, 6) is -1.35. The Morgan fingerprint density at radius 1 is 1.35 bits per heavy atom. The van der Waals surface area contributed by atoms with Gasteiger partial charge < -0.3 is 16.2 Å². The second kappa shape index (κ2) is 5.38. The van der Waals surface area contributed by atoms with E-state index in [0.29, 0.717) is 5.56 Å². The fraction of sp³-hybridized carbons (Fsp3) is 0.0714. The lowest BCUT2D eigenvalue weighted by molar-refractivity contribution is 0.0998. The van der Waals surface area contributed by atoms with Gasteiger partial charge in [0, 0.05) is 5.69 Å². The van der Waals surface area contributed by atoms with Crippen molar-refractivity contribution >= 4 is 23.2 Å². The smallest absolute Gasteiger partial charge is 0.252 e. The molecule has 4 N–H and O–H groups in total. The van der Waals surface area contributed by atoms with Crippen molar-refractivity contribution in [2.45, 2.75) is 6.92 Å². The molecule has 0 saturated carbocycles. The summed E-state index contributed by atoms with van der Waals surface area (Å²) >= 11 is 5.99. The second-order valence-corrected chi connectivity index (χ2v) is 4.64. The molecule has 0 saturated heterocycles. The molecule has 6 heteroatoms. The maximum atomic E-state index is 13.9. The van der Waals surface area contributed by atoms with Crippen molar-refractivity contribution in [1.29, 1.82) is 0 Å². The summed E-state index contributed by atoms with van der Waals surface area (Å²) in [7, 11) is 0. The Morgan fingerprint density at radius 2 is 2.05 bits per heavy atom. The predicted octanol–water partition coefficient (Wildman–Crippen LogP) is 3.26. The minimum absolute atomic E-state index is 0.00379. The minimum Gasteiger partial charge on any atom is -0.452 e. The maximum absolute atomic E-state index is 13.9. The number of carbonyl (C=O) groups is 1. The van der Waals surface area contributed by atoms with E-state index in [9.17, 15) is 9.18 Å². The highest BCUT2D eigenvalue weighted by Crippen LogP contribution is 2.36. The average Bonchev–Trinajstić information content (AvgIpc) is 2.37. The number of ether oxygens (including phenoxy) is 1. The van der Waals surface area contributed by atoms with Crippen LogP contribution < -0.4 is 16.2 Å². The van der Waals surface area contributed by atoms with Crippen LogP contribution in [-0.2, 0) is 0 Å². The molecule has 4 nitrogen and oxygen atoms in total. The van der Waals surface area contributed by atoms with Gasteiger partial charge in [-0.25, -0.2) is 4.39 Å². The topological polar surface area (TPSA) is 78.3 Å². The van der Waals surface area contributed by atoms with Gasteiger partial charge in [0.25, 0.3) is 5.91 Å². The Balaban J connectivity index is 2.53. The molecule has 104 valence electrons. The van der Waals surface area contributed by atoms with Crippen molar-refractivity contribution < 1.29 is 13.9 Å². The Hall–Kier alpha value is -2.27. The lowest BCUT2D eigenvalue weighted by Gasteiger charge is -2.13. The van der Waals surface area contributed by atoms with Crippen LogP contribution >= 0.6 is 11.6 Å². The summed E-state index contributed by atoms with van der Waals surface area (Å²) < 4.78 is 19.3. The van der Waals surface area contributed by atoms with E-state index in [-0.39, 0.29) is 27.8 Å². The van der Waals surface area contributed by atoms with Crippen molar-refractivity contribution in [3.8, 4) is 11.5 Å². The first-order valence-electron chi connectivity index (χ1n) is 5.72. The number of benzene rings is 2. The molecule has 0 bridgehead atoms. The summed E-state index contributed by atoms with van der Waals surface area (Å²) in [4.78, 5) is 11.4. The predicted molar refractivity (Wildman–Crippen MR) is 75.6 cm³/mol. The average molecular weight is 295 g/mol. The number of amides is 1. The number of halogens is 2. The van der Waals surface area contributed by atoms with Gasteiger partial charge in [-0.05, 0) is 30.7 Å². The zero-order valence-corrected chi connectivity index (χ0v) is 11.4. The molecule has 2 aromatic rings. The molecule has 2 rings (SSSR count). The summed E-state index contributed by atoms with van der Waals surface area (Å²) in [5, 5.41) is 0.0831. The lowest BCUT2D eigenvalue weighted by atomic mass is 10.1. The number of hydrogen-bond acceptors (Lipinski definition) is 3. The van der Waals surface area contributed by atoms with Crippen LogP contribution in [0.4, 0.5) is 10.1 Å². The van der Waals surface area contributed by atoms with E-state index >= 15 is 0 Å². The van der Waals surface area contributed by atoms with Gasteiger partial charge in [-0.15, -0.1) is 0 Å². The molecular formula is C14H12ClFN2O2. The molecule has 0 aliphatic carbocycles. The standard InChI is InChI=1S/C14H12ClFN2O2/c1-7-3-2-4-11(12(7)16)20-13-9(14(18)19)5-8(17)6-10(13)15/h2-6H,17H2,1H3,(H2,18,19). The molecular weight excluding hydrogens is 283 g/mol.